The van der Waals surface area contributed by atoms with Crippen molar-refractivity contribution in [2.24, 2.45) is 17.8 Å². The monoisotopic (exact) mass is 342 g/mol. The van der Waals surface area contributed by atoms with Crippen molar-refractivity contribution < 1.29 is 0 Å². The van der Waals surface area contributed by atoms with Gasteiger partial charge in [0.25, 0.3) is 0 Å². The Balaban J connectivity index is 1.46. The van der Waals surface area contributed by atoms with Gasteiger partial charge in [-0.1, -0.05) is 85.0 Å². The van der Waals surface area contributed by atoms with E-state index in [0.717, 1.165) is 6.42 Å². The zero-order valence-corrected chi connectivity index (χ0v) is 15.0. The first-order valence-electron chi connectivity index (χ1n) is 9.25. The van der Waals surface area contributed by atoms with Crippen molar-refractivity contribution in [2.75, 3.05) is 0 Å². The summed E-state index contributed by atoms with van der Waals surface area (Å²) in [4.78, 5) is 1.65. The second-order valence-electron chi connectivity index (χ2n) is 7.25. The van der Waals surface area contributed by atoms with Crippen LogP contribution in [0.4, 0.5) is 0 Å². The van der Waals surface area contributed by atoms with Crippen molar-refractivity contribution in [3.8, 4) is 0 Å². The molecule has 1 aliphatic heterocycles. The molecule has 4 aliphatic rings. The normalized spacial score (nSPS) is 32.6. The van der Waals surface area contributed by atoms with Crippen molar-refractivity contribution in [1.82, 2.24) is 0 Å². The first-order chi connectivity index (χ1) is 12.4. The van der Waals surface area contributed by atoms with E-state index in [9.17, 15) is 0 Å². The number of thioether (sulfide) groups is 1. The molecule has 5 rings (SSSR count). The summed E-state index contributed by atoms with van der Waals surface area (Å²) in [5.41, 5.74) is 4.38. The van der Waals surface area contributed by atoms with Crippen LogP contribution in [-0.2, 0) is 0 Å². The summed E-state index contributed by atoms with van der Waals surface area (Å²) < 4.78 is 0. The Bertz CT molecular complexity index is 847. The molecule has 4 unspecified atom stereocenters. The van der Waals surface area contributed by atoms with Gasteiger partial charge in [0, 0.05) is 23.0 Å². The maximum Gasteiger partial charge on any atom is 0.0343 e. The Morgan fingerprint density at radius 3 is 2.72 bits per heavy atom. The van der Waals surface area contributed by atoms with Gasteiger partial charge < -0.3 is 0 Å². The minimum absolute atomic E-state index is 0.509. The predicted octanol–water partition coefficient (Wildman–Crippen LogP) is 6.33. The van der Waals surface area contributed by atoms with Gasteiger partial charge in [-0.15, -0.1) is 11.8 Å². The average molecular weight is 343 g/mol. The van der Waals surface area contributed by atoms with Gasteiger partial charge in [-0.05, 0) is 34.5 Å². The molecule has 0 N–H and O–H groups in total. The highest BCUT2D eigenvalue weighted by Gasteiger charge is 2.40. The molecule has 1 aromatic rings. The summed E-state index contributed by atoms with van der Waals surface area (Å²) >= 11 is 2.11. The third-order valence-corrected chi connectivity index (χ3v) is 7.32. The Labute approximate surface area is 154 Å². The van der Waals surface area contributed by atoms with Crippen molar-refractivity contribution in [2.45, 2.75) is 18.1 Å². The zero-order valence-electron chi connectivity index (χ0n) is 14.2. The van der Waals surface area contributed by atoms with Crippen LogP contribution in [0, 0.1) is 17.8 Å². The van der Waals surface area contributed by atoms with Crippen LogP contribution in [0.3, 0.4) is 0 Å². The van der Waals surface area contributed by atoms with Crippen LogP contribution in [0.1, 0.15) is 18.4 Å². The Kier molecular flexibility index (Phi) is 3.90. The fourth-order valence-electron chi connectivity index (χ4n) is 4.53. The lowest BCUT2D eigenvalue weighted by Crippen LogP contribution is -2.18. The van der Waals surface area contributed by atoms with E-state index in [1.54, 1.807) is 10.5 Å². The van der Waals surface area contributed by atoms with Crippen LogP contribution >= 0.6 is 11.8 Å². The van der Waals surface area contributed by atoms with E-state index in [4.69, 9.17) is 0 Å². The van der Waals surface area contributed by atoms with Gasteiger partial charge in [-0.3, -0.25) is 0 Å². The van der Waals surface area contributed by atoms with Gasteiger partial charge in [0.05, 0.1) is 0 Å². The molecule has 1 heterocycles. The first kappa shape index (κ1) is 15.3. The third-order valence-electron chi connectivity index (χ3n) is 5.79. The summed E-state index contributed by atoms with van der Waals surface area (Å²) in [6, 6.07) is 10.8. The molecule has 0 aromatic heterocycles. The van der Waals surface area contributed by atoms with Crippen LogP contribution in [0.2, 0.25) is 0 Å². The minimum Gasteiger partial charge on any atom is -0.122 e. The highest BCUT2D eigenvalue weighted by Crippen LogP contribution is 2.54. The van der Waals surface area contributed by atoms with Crippen LogP contribution in [-0.4, -0.2) is 5.25 Å². The van der Waals surface area contributed by atoms with Crippen molar-refractivity contribution >= 4 is 17.3 Å². The summed E-state index contributed by atoms with van der Waals surface area (Å²) in [5, 5.41) is 0.636. The highest BCUT2D eigenvalue weighted by molar-refractivity contribution is 8.04. The number of benzene rings is 1. The molecule has 1 aromatic carbocycles. The van der Waals surface area contributed by atoms with Crippen LogP contribution in [0.25, 0.3) is 5.57 Å². The Morgan fingerprint density at radius 2 is 1.80 bits per heavy atom. The highest BCUT2D eigenvalue weighted by atomic mass is 32.2. The first-order valence-corrected chi connectivity index (χ1v) is 10.1. The quantitative estimate of drug-likeness (QED) is 0.605. The fraction of sp³-hybridized carbons (Fsp3) is 0.250. The van der Waals surface area contributed by atoms with E-state index < -0.39 is 0 Å². The van der Waals surface area contributed by atoms with E-state index in [2.05, 4.69) is 96.8 Å². The number of hydrogen-bond donors (Lipinski definition) is 0. The summed E-state index contributed by atoms with van der Waals surface area (Å²) in [6.45, 7) is 0. The molecule has 25 heavy (non-hydrogen) atoms. The van der Waals surface area contributed by atoms with Crippen molar-refractivity contribution in [1.29, 1.82) is 0 Å². The lowest BCUT2D eigenvalue weighted by atomic mass is 9.77. The van der Waals surface area contributed by atoms with Gasteiger partial charge in [-0.2, -0.15) is 0 Å². The van der Waals surface area contributed by atoms with E-state index >= 15 is 0 Å². The Morgan fingerprint density at radius 1 is 0.920 bits per heavy atom. The fourth-order valence-corrected chi connectivity index (χ4v) is 6.21. The summed E-state index contributed by atoms with van der Waals surface area (Å²) in [7, 11) is 0. The molecule has 3 aliphatic carbocycles. The predicted molar refractivity (Wildman–Crippen MR) is 109 cm³/mol. The van der Waals surface area contributed by atoms with E-state index in [1.807, 2.05) is 0 Å². The maximum absolute atomic E-state index is 2.43. The molecule has 0 amide bonds. The number of rotatable bonds is 2. The molecule has 1 fully saturated rings. The Hall–Kier alpha value is -1.99. The molecule has 0 nitrogen and oxygen atoms in total. The van der Waals surface area contributed by atoms with Gasteiger partial charge in [0.2, 0.25) is 0 Å². The molecule has 4 atom stereocenters. The van der Waals surface area contributed by atoms with Gasteiger partial charge in [-0.25, -0.2) is 0 Å². The maximum atomic E-state index is 2.43. The lowest BCUT2D eigenvalue weighted by molar-refractivity contribution is 0.493. The molecule has 0 saturated carbocycles. The van der Waals surface area contributed by atoms with Gasteiger partial charge >= 0.3 is 0 Å². The largest absolute Gasteiger partial charge is 0.122 e. The van der Waals surface area contributed by atoms with E-state index in [0.29, 0.717) is 23.0 Å². The van der Waals surface area contributed by atoms with Crippen LogP contribution in [0.15, 0.2) is 95.5 Å². The molecule has 0 radical (unpaired) electrons. The zero-order chi connectivity index (χ0) is 16.6. The average Bonchev–Trinajstić information content (AvgIpc) is 3.07. The molecular weight excluding hydrogens is 320 g/mol. The van der Waals surface area contributed by atoms with E-state index in [-0.39, 0.29) is 0 Å². The summed E-state index contributed by atoms with van der Waals surface area (Å²) in [5.74, 6) is 1.88. The number of allylic oxidation sites excluding steroid dienone is 11. The molecule has 1 heteroatoms. The standard InChI is InChI=1S/C24H22S/c1-2-8-17(9-3-1)18-10-6-11-19(16-18)20-13-7-14-22-21-12-4-5-15-23(21)25-24(20)22/h1-13,15,19,21-23H,14,16H2. The van der Waals surface area contributed by atoms with Gasteiger partial charge in [0.1, 0.15) is 0 Å². The lowest BCUT2D eigenvalue weighted by Gasteiger charge is -2.27. The van der Waals surface area contributed by atoms with E-state index in [1.165, 1.54) is 17.6 Å². The topological polar surface area (TPSA) is 0 Å². The van der Waals surface area contributed by atoms with Crippen molar-refractivity contribution in [3.63, 3.8) is 0 Å². The van der Waals surface area contributed by atoms with Crippen molar-refractivity contribution in [3.05, 3.63) is 101 Å². The van der Waals surface area contributed by atoms with Crippen LogP contribution < -0.4 is 0 Å². The molecule has 0 spiro atoms. The number of fused-ring (bicyclic) bond motifs is 3. The van der Waals surface area contributed by atoms with Gasteiger partial charge in [0.15, 0.2) is 0 Å². The molecule has 124 valence electrons. The smallest absolute Gasteiger partial charge is 0.0343 e. The third kappa shape index (κ3) is 2.71. The molecular formula is C24H22S. The second-order valence-corrected chi connectivity index (χ2v) is 8.47. The molecule has 1 saturated heterocycles. The SMILES string of the molecule is C1=CC(C2=C3SC4C=CC=CC4C3CC=C2)CC(c2ccccc2)=C1. The number of hydrogen-bond acceptors (Lipinski definition) is 1. The minimum atomic E-state index is 0.509. The summed E-state index contributed by atoms with van der Waals surface area (Å²) in [6.07, 6.45) is 23.3. The second kappa shape index (κ2) is 6.38. The van der Waals surface area contributed by atoms with Crippen LogP contribution in [0.5, 0.6) is 0 Å². The molecule has 0 bridgehead atoms.